The van der Waals surface area contributed by atoms with Crippen LogP contribution in [0.1, 0.15) is 39.0 Å². The SMILES string of the molecule is CN=C(NCCN1C(=O)CCCC1=O)N1CCCC(C)C1. The quantitative estimate of drug-likeness (QED) is 0.476. The Kier molecular flexibility index (Phi) is 5.59. The largest absolute Gasteiger partial charge is 0.354 e. The van der Waals surface area contributed by atoms with Crippen LogP contribution in [0.25, 0.3) is 0 Å². The Bertz CT molecular complexity index is 406. The topological polar surface area (TPSA) is 65.0 Å². The number of hydrogen-bond donors (Lipinski definition) is 1. The van der Waals surface area contributed by atoms with Crippen molar-refractivity contribution in [3.63, 3.8) is 0 Å². The Labute approximate surface area is 126 Å². The second kappa shape index (κ2) is 7.43. The molecule has 1 unspecified atom stereocenters. The van der Waals surface area contributed by atoms with E-state index in [1.54, 1.807) is 7.05 Å². The van der Waals surface area contributed by atoms with Gasteiger partial charge in [-0.2, -0.15) is 0 Å². The van der Waals surface area contributed by atoms with E-state index in [4.69, 9.17) is 0 Å². The molecule has 0 spiro atoms. The zero-order chi connectivity index (χ0) is 15.2. The molecule has 2 heterocycles. The molecule has 1 atom stereocenters. The van der Waals surface area contributed by atoms with Gasteiger partial charge in [-0.15, -0.1) is 0 Å². The van der Waals surface area contributed by atoms with Crippen LogP contribution in [0.4, 0.5) is 0 Å². The lowest BCUT2D eigenvalue weighted by Crippen LogP contribution is -2.49. The molecule has 0 radical (unpaired) electrons. The molecular formula is C15H26N4O2. The van der Waals surface area contributed by atoms with E-state index in [0.717, 1.165) is 19.0 Å². The first-order chi connectivity index (χ1) is 10.1. The second-order valence-corrected chi connectivity index (χ2v) is 5.96. The lowest BCUT2D eigenvalue weighted by Gasteiger charge is -2.34. The molecular weight excluding hydrogens is 268 g/mol. The van der Waals surface area contributed by atoms with Gasteiger partial charge in [0.05, 0.1) is 0 Å². The maximum Gasteiger partial charge on any atom is 0.229 e. The third kappa shape index (κ3) is 4.19. The number of nitrogens with zero attached hydrogens (tertiary/aromatic N) is 3. The van der Waals surface area contributed by atoms with Crippen LogP contribution in [-0.2, 0) is 9.59 Å². The Morgan fingerprint density at radius 2 is 2.00 bits per heavy atom. The number of piperidine rings is 2. The maximum absolute atomic E-state index is 11.7. The summed E-state index contributed by atoms with van der Waals surface area (Å²) >= 11 is 0. The lowest BCUT2D eigenvalue weighted by atomic mass is 10.0. The number of guanidine groups is 1. The van der Waals surface area contributed by atoms with E-state index in [9.17, 15) is 9.59 Å². The van der Waals surface area contributed by atoms with E-state index in [2.05, 4.69) is 22.1 Å². The average Bonchev–Trinajstić information content (AvgIpc) is 2.46. The van der Waals surface area contributed by atoms with E-state index in [-0.39, 0.29) is 11.8 Å². The van der Waals surface area contributed by atoms with Crippen molar-refractivity contribution in [2.45, 2.75) is 39.0 Å². The second-order valence-electron chi connectivity index (χ2n) is 5.96. The molecule has 0 aliphatic carbocycles. The maximum atomic E-state index is 11.7. The van der Waals surface area contributed by atoms with Gasteiger partial charge in [0.2, 0.25) is 11.8 Å². The van der Waals surface area contributed by atoms with Crippen molar-refractivity contribution < 1.29 is 9.59 Å². The molecule has 2 aliphatic rings. The number of amides is 2. The number of likely N-dealkylation sites (tertiary alicyclic amines) is 2. The number of carbonyl (C=O) groups excluding carboxylic acids is 2. The Morgan fingerprint density at radius 1 is 1.29 bits per heavy atom. The zero-order valence-electron chi connectivity index (χ0n) is 13.1. The van der Waals surface area contributed by atoms with E-state index < -0.39 is 0 Å². The lowest BCUT2D eigenvalue weighted by molar-refractivity contribution is -0.147. The van der Waals surface area contributed by atoms with Crippen LogP contribution < -0.4 is 5.32 Å². The monoisotopic (exact) mass is 294 g/mol. The van der Waals surface area contributed by atoms with Crippen molar-refractivity contribution in [1.29, 1.82) is 0 Å². The summed E-state index contributed by atoms with van der Waals surface area (Å²) in [6.45, 7) is 5.28. The number of carbonyl (C=O) groups is 2. The predicted octanol–water partition coefficient (Wildman–Crippen LogP) is 0.833. The summed E-state index contributed by atoms with van der Waals surface area (Å²) in [6.07, 6.45) is 4.12. The Morgan fingerprint density at radius 3 is 2.62 bits per heavy atom. The Balaban J connectivity index is 1.80. The molecule has 2 saturated heterocycles. The highest BCUT2D eigenvalue weighted by Crippen LogP contribution is 2.15. The van der Waals surface area contributed by atoms with Crippen LogP contribution >= 0.6 is 0 Å². The molecule has 0 aromatic carbocycles. The summed E-state index contributed by atoms with van der Waals surface area (Å²) in [6, 6.07) is 0. The molecule has 1 N–H and O–H groups in total. The van der Waals surface area contributed by atoms with Crippen LogP contribution in [-0.4, -0.2) is 60.8 Å². The zero-order valence-corrected chi connectivity index (χ0v) is 13.1. The van der Waals surface area contributed by atoms with Gasteiger partial charge in [-0.1, -0.05) is 6.92 Å². The molecule has 0 aromatic rings. The van der Waals surface area contributed by atoms with E-state index in [0.29, 0.717) is 38.3 Å². The summed E-state index contributed by atoms with van der Waals surface area (Å²) < 4.78 is 0. The van der Waals surface area contributed by atoms with Crippen LogP contribution in [0.2, 0.25) is 0 Å². The number of aliphatic imine (C=N–C) groups is 1. The van der Waals surface area contributed by atoms with Gasteiger partial charge >= 0.3 is 0 Å². The van der Waals surface area contributed by atoms with Crippen LogP contribution in [0.15, 0.2) is 4.99 Å². The summed E-state index contributed by atoms with van der Waals surface area (Å²) in [4.78, 5) is 31.4. The molecule has 118 valence electrons. The summed E-state index contributed by atoms with van der Waals surface area (Å²) in [7, 11) is 1.78. The van der Waals surface area contributed by atoms with Gasteiger partial charge in [-0.25, -0.2) is 0 Å². The third-order valence-corrected chi connectivity index (χ3v) is 4.17. The van der Waals surface area contributed by atoms with Crippen LogP contribution in [0.5, 0.6) is 0 Å². The highest BCUT2D eigenvalue weighted by atomic mass is 16.2. The number of imide groups is 1. The fourth-order valence-electron chi connectivity index (χ4n) is 3.04. The highest BCUT2D eigenvalue weighted by molar-refractivity contribution is 5.97. The molecule has 2 amide bonds. The summed E-state index contributed by atoms with van der Waals surface area (Å²) in [5.41, 5.74) is 0. The molecule has 2 aliphatic heterocycles. The van der Waals surface area contributed by atoms with Crippen LogP contribution in [0, 0.1) is 5.92 Å². The summed E-state index contributed by atoms with van der Waals surface area (Å²) in [5.74, 6) is 1.46. The van der Waals surface area contributed by atoms with Gasteiger partial charge in [0, 0.05) is 46.1 Å². The smallest absolute Gasteiger partial charge is 0.229 e. The molecule has 2 rings (SSSR count). The minimum atomic E-state index is -0.0466. The van der Waals surface area contributed by atoms with Crippen molar-refractivity contribution >= 4 is 17.8 Å². The van der Waals surface area contributed by atoms with Gasteiger partial charge in [0.15, 0.2) is 5.96 Å². The first-order valence-corrected chi connectivity index (χ1v) is 7.90. The third-order valence-electron chi connectivity index (χ3n) is 4.17. The van der Waals surface area contributed by atoms with Gasteiger partial charge in [-0.3, -0.25) is 19.5 Å². The first-order valence-electron chi connectivity index (χ1n) is 7.90. The minimum Gasteiger partial charge on any atom is -0.354 e. The molecule has 6 nitrogen and oxygen atoms in total. The average molecular weight is 294 g/mol. The first kappa shape index (κ1) is 15.8. The number of hydrogen-bond acceptors (Lipinski definition) is 3. The summed E-state index contributed by atoms with van der Waals surface area (Å²) in [5, 5.41) is 3.28. The van der Waals surface area contributed by atoms with Gasteiger partial charge in [0.25, 0.3) is 0 Å². The number of rotatable bonds is 3. The van der Waals surface area contributed by atoms with Crippen molar-refractivity contribution in [3.8, 4) is 0 Å². The predicted molar refractivity (Wildman–Crippen MR) is 81.9 cm³/mol. The standard InChI is InChI=1S/C15H26N4O2/c1-12-5-4-9-18(11-12)15(16-2)17-8-10-19-13(20)6-3-7-14(19)21/h12H,3-11H2,1-2H3,(H,16,17). The van der Waals surface area contributed by atoms with E-state index >= 15 is 0 Å². The molecule has 6 heteroatoms. The number of nitrogens with one attached hydrogen (secondary N) is 1. The van der Waals surface area contributed by atoms with Gasteiger partial charge in [0.1, 0.15) is 0 Å². The fraction of sp³-hybridized carbons (Fsp3) is 0.800. The highest BCUT2D eigenvalue weighted by Gasteiger charge is 2.25. The molecule has 2 fully saturated rings. The fourth-order valence-corrected chi connectivity index (χ4v) is 3.04. The minimum absolute atomic E-state index is 0.0466. The van der Waals surface area contributed by atoms with E-state index in [1.165, 1.54) is 17.7 Å². The molecule has 0 bridgehead atoms. The van der Waals surface area contributed by atoms with Gasteiger partial charge < -0.3 is 10.2 Å². The van der Waals surface area contributed by atoms with E-state index in [1.807, 2.05) is 0 Å². The Hall–Kier alpha value is -1.59. The van der Waals surface area contributed by atoms with Crippen molar-refractivity contribution in [1.82, 2.24) is 15.1 Å². The van der Waals surface area contributed by atoms with Crippen molar-refractivity contribution in [2.24, 2.45) is 10.9 Å². The molecule has 0 aromatic heterocycles. The normalized spacial score (nSPS) is 24.5. The van der Waals surface area contributed by atoms with Crippen molar-refractivity contribution in [3.05, 3.63) is 0 Å². The molecule has 0 saturated carbocycles. The van der Waals surface area contributed by atoms with Crippen LogP contribution in [0.3, 0.4) is 0 Å². The molecule has 21 heavy (non-hydrogen) atoms. The van der Waals surface area contributed by atoms with Gasteiger partial charge in [-0.05, 0) is 25.2 Å². The van der Waals surface area contributed by atoms with Crippen molar-refractivity contribution in [2.75, 3.05) is 33.2 Å².